The Labute approximate surface area is 141 Å². The molecule has 0 aromatic heterocycles. The number of carbonyl (C=O) groups excluding carboxylic acids is 1. The number of carbonyl (C=O) groups is 2. The number of aryl methyl sites for hydroxylation is 1. The molecule has 128 valence electrons. The second-order valence-electron chi connectivity index (χ2n) is 7.05. The first-order valence-electron chi connectivity index (χ1n) is 8.40. The molecule has 1 aromatic carbocycles. The monoisotopic (exact) mass is 329 g/mol. The lowest BCUT2D eigenvalue weighted by Crippen LogP contribution is -2.45. The van der Waals surface area contributed by atoms with E-state index < -0.39 is 23.4 Å². The number of benzene rings is 1. The third kappa shape index (κ3) is 3.03. The molecule has 1 aliphatic heterocycles. The van der Waals surface area contributed by atoms with Crippen LogP contribution in [0.2, 0.25) is 0 Å². The number of rotatable bonds is 4. The van der Waals surface area contributed by atoms with Crippen molar-refractivity contribution in [2.45, 2.75) is 38.0 Å². The topological polar surface area (TPSA) is 77.8 Å². The minimum absolute atomic E-state index is 0.0477. The van der Waals surface area contributed by atoms with E-state index in [-0.39, 0.29) is 12.0 Å². The van der Waals surface area contributed by atoms with E-state index in [0.717, 1.165) is 25.7 Å². The summed E-state index contributed by atoms with van der Waals surface area (Å²) in [5.41, 5.74) is 2.41. The Morgan fingerprint density at radius 1 is 1.25 bits per heavy atom. The van der Waals surface area contributed by atoms with Crippen LogP contribution in [0.4, 0.5) is 0 Å². The number of carboxylic acids is 1. The van der Waals surface area contributed by atoms with Crippen LogP contribution in [0.25, 0.3) is 0 Å². The minimum atomic E-state index is -1.19. The summed E-state index contributed by atoms with van der Waals surface area (Å²) < 4.78 is 0. The molecule has 1 heterocycles. The van der Waals surface area contributed by atoms with Gasteiger partial charge in [0, 0.05) is 24.7 Å². The molecule has 0 amide bonds. The van der Waals surface area contributed by atoms with Gasteiger partial charge in [-0.1, -0.05) is 42.7 Å². The summed E-state index contributed by atoms with van der Waals surface area (Å²) in [6.07, 6.45) is 5.76. The van der Waals surface area contributed by atoms with Crippen molar-refractivity contribution in [3.05, 3.63) is 47.4 Å². The Morgan fingerprint density at radius 3 is 2.46 bits per heavy atom. The Bertz CT molecular complexity index is 671. The number of aliphatic carboxylic acids is 1. The molecule has 0 spiro atoms. The highest BCUT2D eigenvalue weighted by molar-refractivity contribution is 6.07. The van der Waals surface area contributed by atoms with Gasteiger partial charge < -0.3 is 15.1 Å². The van der Waals surface area contributed by atoms with E-state index in [2.05, 4.69) is 31.2 Å². The largest absolute Gasteiger partial charge is 0.503 e. The van der Waals surface area contributed by atoms with Crippen LogP contribution in [-0.2, 0) is 15.0 Å². The predicted molar refractivity (Wildman–Crippen MR) is 89.7 cm³/mol. The SMILES string of the molecule is Cc1ccc(C2(CN3C=C(O)C(=O)C(C(=O)O)C3)CCCC2)cc1. The van der Waals surface area contributed by atoms with Gasteiger partial charge in [0.15, 0.2) is 5.76 Å². The molecule has 0 radical (unpaired) electrons. The van der Waals surface area contributed by atoms with Crippen LogP contribution < -0.4 is 0 Å². The molecule has 5 heteroatoms. The molecule has 0 bridgehead atoms. The van der Waals surface area contributed by atoms with Gasteiger partial charge in [0.05, 0.1) is 0 Å². The number of aliphatic hydroxyl groups excluding tert-OH is 1. The molecule has 1 saturated carbocycles. The average molecular weight is 329 g/mol. The summed E-state index contributed by atoms with van der Waals surface area (Å²) in [7, 11) is 0. The number of allylic oxidation sites excluding steroid dienone is 1. The Balaban J connectivity index is 1.87. The molecule has 1 aliphatic carbocycles. The van der Waals surface area contributed by atoms with Crippen molar-refractivity contribution in [1.82, 2.24) is 4.90 Å². The van der Waals surface area contributed by atoms with Gasteiger partial charge in [0.2, 0.25) is 5.78 Å². The first kappa shape index (κ1) is 16.6. The quantitative estimate of drug-likeness (QED) is 0.831. The fourth-order valence-corrected chi connectivity index (χ4v) is 3.97. The van der Waals surface area contributed by atoms with Gasteiger partial charge in [-0.2, -0.15) is 0 Å². The number of ketones is 1. The third-order valence-corrected chi connectivity index (χ3v) is 5.32. The van der Waals surface area contributed by atoms with Crippen LogP contribution in [-0.4, -0.2) is 40.0 Å². The molecule has 1 atom stereocenters. The smallest absolute Gasteiger partial charge is 0.316 e. The zero-order valence-electron chi connectivity index (χ0n) is 13.9. The first-order chi connectivity index (χ1) is 11.4. The summed E-state index contributed by atoms with van der Waals surface area (Å²) in [6.45, 7) is 2.79. The van der Waals surface area contributed by atoms with E-state index in [9.17, 15) is 19.8 Å². The van der Waals surface area contributed by atoms with Gasteiger partial charge in [-0.3, -0.25) is 9.59 Å². The molecular formula is C19H23NO4. The van der Waals surface area contributed by atoms with Gasteiger partial charge in [0.25, 0.3) is 0 Å². The Hall–Kier alpha value is -2.30. The number of carboxylic acid groups (broad SMARTS) is 1. The van der Waals surface area contributed by atoms with Gasteiger partial charge in [-0.25, -0.2) is 0 Å². The standard InChI is InChI=1S/C19H23NO4/c1-13-4-6-14(7-5-13)19(8-2-3-9-19)12-20-10-15(18(23)24)17(22)16(21)11-20/h4-7,11,15,21H,2-3,8-10,12H2,1H3,(H,23,24). The van der Waals surface area contributed by atoms with Crippen molar-refractivity contribution in [3.63, 3.8) is 0 Å². The zero-order chi connectivity index (χ0) is 17.3. The number of hydrogen-bond donors (Lipinski definition) is 2. The summed E-state index contributed by atoms with van der Waals surface area (Å²) in [6, 6.07) is 8.49. The van der Waals surface area contributed by atoms with Gasteiger partial charge in [-0.05, 0) is 25.3 Å². The molecule has 2 aliphatic rings. The van der Waals surface area contributed by atoms with Crippen molar-refractivity contribution in [1.29, 1.82) is 0 Å². The van der Waals surface area contributed by atoms with Crippen molar-refractivity contribution in [2.75, 3.05) is 13.1 Å². The number of Topliss-reactive ketones (excluding diaryl/α,β-unsaturated/α-hetero) is 1. The van der Waals surface area contributed by atoms with Crippen LogP contribution in [0.3, 0.4) is 0 Å². The number of aliphatic hydroxyl groups is 1. The fraction of sp³-hybridized carbons (Fsp3) is 0.474. The van der Waals surface area contributed by atoms with E-state index in [1.165, 1.54) is 17.3 Å². The normalized spacial score (nSPS) is 23.2. The van der Waals surface area contributed by atoms with E-state index in [1.54, 1.807) is 4.90 Å². The molecule has 1 fully saturated rings. The third-order valence-electron chi connectivity index (χ3n) is 5.32. The molecule has 0 saturated heterocycles. The van der Waals surface area contributed by atoms with E-state index in [0.29, 0.717) is 6.54 Å². The van der Waals surface area contributed by atoms with Gasteiger partial charge in [-0.15, -0.1) is 0 Å². The van der Waals surface area contributed by atoms with Gasteiger partial charge in [0.1, 0.15) is 5.92 Å². The molecule has 2 N–H and O–H groups in total. The van der Waals surface area contributed by atoms with E-state index >= 15 is 0 Å². The summed E-state index contributed by atoms with van der Waals surface area (Å²) in [4.78, 5) is 24.9. The maximum atomic E-state index is 11.8. The van der Waals surface area contributed by atoms with E-state index in [4.69, 9.17) is 0 Å². The van der Waals surface area contributed by atoms with Gasteiger partial charge >= 0.3 is 5.97 Å². The van der Waals surface area contributed by atoms with E-state index in [1.807, 2.05) is 0 Å². The Kier molecular flexibility index (Phi) is 4.35. The maximum Gasteiger partial charge on any atom is 0.316 e. The highest BCUT2D eigenvalue weighted by Crippen LogP contribution is 2.42. The van der Waals surface area contributed by atoms with Crippen LogP contribution in [0.1, 0.15) is 36.8 Å². The summed E-state index contributed by atoms with van der Waals surface area (Å²) >= 11 is 0. The summed E-state index contributed by atoms with van der Waals surface area (Å²) in [5, 5.41) is 19.1. The van der Waals surface area contributed by atoms with Crippen molar-refractivity contribution < 1.29 is 19.8 Å². The lowest BCUT2D eigenvalue weighted by molar-refractivity contribution is -0.147. The van der Waals surface area contributed by atoms with Crippen molar-refractivity contribution >= 4 is 11.8 Å². The zero-order valence-corrected chi connectivity index (χ0v) is 13.9. The lowest BCUT2D eigenvalue weighted by Gasteiger charge is -2.38. The second kappa shape index (κ2) is 6.30. The van der Waals surface area contributed by atoms with Crippen LogP contribution in [0.15, 0.2) is 36.2 Å². The molecule has 1 unspecified atom stereocenters. The summed E-state index contributed by atoms with van der Waals surface area (Å²) in [5.74, 6) is -3.52. The van der Waals surface area contributed by atoms with Crippen molar-refractivity contribution in [3.8, 4) is 0 Å². The van der Waals surface area contributed by atoms with Crippen molar-refractivity contribution in [2.24, 2.45) is 5.92 Å². The maximum absolute atomic E-state index is 11.8. The predicted octanol–water partition coefficient (Wildman–Crippen LogP) is 2.79. The first-order valence-corrected chi connectivity index (χ1v) is 8.40. The Morgan fingerprint density at radius 2 is 1.88 bits per heavy atom. The molecule has 5 nitrogen and oxygen atoms in total. The average Bonchev–Trinajstić information content (AvgIpc) is 3.00. The number of nitrogens with zero attached hydrogens (tertiary/aromatic N) is 1. The highest BCUT2D eigenvalue weighted by atomic mass is 16.4. The second-order valence-corrected chi connectivity index (χ2v) is 7.05. The number of hydrogen-bond acceptors (Lipinski definition) is 4. The molecule has 24 heavy (non-hydrogen) atoms. The molecule has 1 aromatic rings. The van der Waals surface area contributed by atoms with Crippen LogP contribution in [0, 0.1) is 12.8 Å². The lowest BCUT2D eigenvalue weighted by atomic mass is 9.77. The molecular weight excluding hydrogens is 306 g/mol. The van der Waals surface area contributed by atoms with Crippen LogP contribution >= 0.6 is 0 Å². The van der Waals surface area contributed by atoms with Crippen LogP contribution in [0.5, 0.6) is 0 Å². The minimum Gasteiger partial charge on any atom is -0.503 e. The highest BCUT2D eigenvalue weighted by Gasteiger charge is 2.40. The molecule has 3 rings (SSSR count). The fourth-order valence-electron chi connectivity index (χ4n) is 3.97.